The number of esters is 1. The van der Waals surface area contributed by atoms with Crippen LogP contribution in [0.15, 0.2) is 42.1 Å². The van der Waals surface area contributed by atoms with E-state index in [1.165, 1.54) is 7.11 Å². The number of aliphatic hydroxyl groups is 3. The van der Waals surface area contributed by atoms with Crippen molar-refractivity contribution in [1.82, 2.24) is 4.98 Å². The molecule has 3 aliphatic carbocycles. The highest BCUT2D eigenvalue weighted by molar-refractivity contribution is 5.87. The molecule has 0 spiro atoms. The number of aliphatic hydroxyl groups excluding tert-OH is 2. The predicted molar refractivity (Wildman–Crippen MR) is 130 cm³/mol. The molecule has 1 aromatic heterocycles. The number of carbonyl (C=O) groups is 2. The summed E-state index contributed by atoms with van der Waals surface area (Å²) in [5.41, 5.74) is -0.503. The van der Waals surface area contributed by atoms with Crippen molar-refractivity contribution in [1.29, 1.82) is 0 Å². The Morgan fingerprint density at radius 2 is 2.00 bits per heavy atom. The van der Waals surface area contributed by atoms with Crippen molar-refractivity contribution in [2.24, 2.45) is 41.4 Å². The number of allylic oxidation sites excluding steroid dienone is 1. The van der Waals surface area contributed by atoms with E-state index < -0.39 is 47.7 Å². The van der Waals surface area contributed by atoms with E-state index in [9.17, 15) is 30.0 Å². The quantitative estimate of drug-likeness (QED) is 0.254. The summed E-state index contributed by atoms with van der Waals surface area (Å²) in [6.45, 7) is 5.38. The number of fused-ring (bicyclic) bond motifs is 4. The minimum Gasteiger partial charge on any atom is -0.479 e. The lowest BCUT2D eigenvalue weighted by molar-refractivity contribution is -0.179. The first-order valence-corrected chi connectivity index (χ1v) is 12.5. The number of carbonyl (C=O) groups excluding carboxylic acids is 1. The Morgan fingerprint density at radius 1 is 1.28 bits per heavy atom. The maximum absolute atomic E-state index is 12.7. The van der Waals surface area contributed by atoms with Crippen molar-refractivity contribution in [3.8, 4) is 0 Å². The van der Waals surface area contributed by atoms with Crippen LogP contribution >= 0.6 is 0 Å². The molecule has 198 valence electrons. The fourth-order valence-electron chi connectivity index (χ4n) is 6.90. The molecule has 0 bridgehead atoms. The number of H-pyrrole nitrogens is 1. The van der Waals surface area contributed by atoms with Gasteiger partial charge in [-0.3, -0.25) is 0 Å². The van der Waals surface area contributed by atoms with Crippen LogP contribution in [0.1, 0.15) is 37.7 Å². The molecule has 1 unspecified atom stereocenters. The molecule has 11 atom stereocenters. The summed E-state index contributed by atoms with van der Waals surface area (Å²) in [7, 11) is 1.33. The van der Waals surface area contributed by atoms with Crippen LogP contribution in [-0.4, -0.2) is 75.0 Å². The van der Waals surface area contributed by atoms with Gasteiger partial charge in [0.25, 0.3) is 0 Å². The minimum absolute atomic E-state index is 0.0506. The van der Waals surface area contributed by atoms with Gasteiger partial charge in [-0.1, -0.05) is 32.1 Å². The Bertz CT molecular complexity index is 1020. The van der Waals surface area contributed by atoms with Crippen molar-refractivity contribution in [2.75, 3.05) is 13.7 Å². The normalized spacial score (nSPS) is 39.0. The molecule has 0 amide bonds. The van der Waals surface area contributed by atoms with Gasteiger partial charge in [0, 0.05) is 43.6 Å². The zero-order valence-electron chi connectivity index (χ0n) is 21.1. The minimum atomic E-state index is -1.46. The number of rotatable bonds is 9. The molecule has 9 heteroatoms. The summed E-state index contributed by atoms with van der Waals surface area (Å²) in [5, 5.41) is 42.8. The van der Waals surface area contributed by atoms with Gasteiger partial charge in [-0.2, -0.15) is 0 Å². The van der Waals surface area contributed by atoms with Gasteiger partial charge in [-0.15, -0.1) is 0 Å². The van der Waals surface area contributed by atoms with Gasteiger partial charge in [0.1, 0.15) is 11.8 Å². The fraction of sp³-hybridized carbons (Fsp3) is 0.630. The van der Waals surface area contributed by atoms with Crippen LogP contribution < -0.4 is 0 Å². The largest absolute Gasteiger partial charge is 0.479 e. The summed E-state index contributed by atoms with van der Waals surface area (Å²) in [5.74, 6) is -3.83. The van der Waals surface area contributed by atoms with E-state index in [2.05, 4.69) is 4.98 Å². The second kappa shape index (κ2) is 10.1. The number of aromatic nitrogens is 1. The summed E-state index contributed by atoms with van der Waals surface area (Å²) in [6, 6.07) is 3.34. The van der Waals surface area contributed by atoms with Gasteiger partial charge in [-0.25, -0.2) is 9.59 Å². The second-order valence-corrected chi connectivity index (χ2v) is 10.7. The number of hydrogen-bond donors (Lipinski definition) is 5. The number of aliphatic carboxylic acids is 1. The van der Waals surface area contributed by atoms with E-state index in [0.717, 1.165) is 0 Å². The Kier molecular flexibility index (Phi) is 7.48. The maximum Gasteiger partial charge on any atom is 0.355 e. The second-order valence-electron chi connectivity index (χ2n) is 10.7. The Balaban J connectivity index is 1.69. The van der Waals surface area contributed by atoms with Crippen LogP contribution in [0.4, 0.5) is 0 Å². The van der Waals surface area contributed by atoms with Gasteiger partial charge >= 0.3 is 11.9 Å². The van der Waals surface area contributed by atoms with E-state index >= 15 is 0 Å². The number of nitrogens with one attached hydrogen (secondary N) is 1. The Hall–Kier alpha value is -2.46. The molecule has 0 aromatic carbocycles. The molecule has 1 heterocycles. The third kappa shape index (κ3) is 4.22. The molecular weight excluding hydrogens is 466 g/mol. The Labute approximate surface area is 210 Å². The van der Waals surface area contributed by atoms with Crippen LogP contribution in [0, 0.1) is 41.4 Å². The molecular formula is C27H37NO8. The van der Waals surface area contributed by atoms with Crippen molar-refractivity contribution in [3.05, 3.63) is 47.8 Å². The number of ether oxygens (including phenoxy) is 2. The first-order chi connectivity index (χ1) is 17.1. The molecule has 0 saturated heterocycles. The number of carboxylic acids is 1. The van der Waals surface area contributed by atoms with E-state index in [0.29, 0.717) is 11.3 Å². The molecule has 9 nitrogen and oxygen atoms in total. The van der Waals surface area contributed by atoms with Crippen LogP contribution in [0.2, 0.25) is 0 Å². The van der Waals surface area contributed by atoms with Crippen LogP contribution in [0.5, 0.6) is 0 Å². The summed E-state index contributed by atoms with van der Waals surface area (Å²) >= 11 is 0. The highest BCUT2D eigenvalue weighted by Gasteiger charge is 2.70. The zero-order valence-corrected chi connectivity index (χ0v) is 21.1. The van der Waals surface area contributed by atoms with Gasteiger partial charge in [-0.05, 0) is 48.8 Å². The Morgan fingerprint density at radius 3 is 2.58 bits per heavy atom. The smallest absolute Gasteiger partial charge is 0.355 e. The monoisotopic (exact) mass is 503 g/mol. The number of methoxy groups -OCH3 is 1. The van der Waals surface area contributed by atoms with E-state index in [-0.39, 0.29) is 42.6 Å². The molecule has 36 heavy (non-hydrogen) atoms. The third-order valence-corrected chi connectivity index (χ3v) is 8.73. The van der Waals surface area contributed by atoms with Gasteiger partial charge in [0.2, 0.25) is 0 Å². The molecule has 0 aliphatic heterocycles. The highest BCUT2D eigenvalue weighted by atomic mass is 16.5. The van der Waals surface area contributed by atoms with Crippen LogP contribution in [-0.2, 0) is 14.3 Å². The lowest BCUT2D eigenvalue weighted by atomic mass is 9.46. The summed E-state index contributed by atoms with van der Waals surface area (Å²) in [4.78, 5) is 27.3. The number of aromatic amines is 1. The molecule has 4 rings (SSSR count). The predicted octanol–water partition coefficient (Wildman–Crippen LogP) is 2.01. The molecule has 2 saturated carbocycles. The topological polar surface area (TPSA) is 149 Å². The SMILES string of the molecule is CO[C@@H](C[C@H]1C=C[C@H]2[C@H]3C([C@H]2[C@]1(O)/C(C)=C/[C@@H](C)CO)[C@H](O)[C@@H](C)[C@H]3OC(=O)c1ccc[nH]1)C(=O)O. The molecule has 2 fully saturated rings. The average molecular weight is 504 g/mol. The standard InChI is InChI=1S/C27H37NO8/c1-13(12-29)10-14(2)27(34)16(11-19(35-4)25(31)32)7-8-17-20-21(22(17)27)23(30)15(3)24(20)36-26(33)18-6-5-9-28-18/h5-10,13,15-17,19-24,28-30,34H,11-12H2,1-4H3,(H,31,32)/b14-10+/t13-,15-,16-,17+,19+,20+,21?,22+,23-,24-,27+/m1/s1. The van der Waals surface area contributed by atoms with Gasteiger partial charge < -0.3 is 34.9 Å². The van der Waals surface area contributed by atoms with Crippen molar-refractivity contribution >= 4 is 11.9 Å². The van der Waals surface area contributed by atoms with E-state index in [4.69, 9.17) is 9.47 Å². The summed E-state index contributed by atoms with van der Waals surface area (Å²) in [6.07, 6.45) is 4.87. The van der Waals surface area contributed by atoms with Gasteiger partial charge in [0.05, 0.1) is 11.7 Å². The maximum atomic E-state index is 12.7. The first-order valence-electron chi connectivity index (χ1n) is 12.5. The van der Waals surface area contributed by atoms with E-state index in [1.54, 1.807) is 25.3 Å². The molecule has 3 aliphatic rings. The summed E-state index contributed by atoms with van der Waals surface area (Å²) < 4.78 is 11.1. The molecule has 5 N–H and O–H groups in total. The highest BCUT2D eigenvalue weighted by Crippen LogP contribution is 2.66. The lowest BCUT2D eigenvalue weighted by Gasteiger charge is -2.61. The first kappa shape index (κ1) is 26.6. The lowest BCUT2D eigenvalue weighted by Crippen LogP contribution is -2.65. The molecule has 0 radical (unpaired) electrons. The van der Waals surface area contributed by atoms with Crippen LogP contribution in [0.25, 0.3) is 0 Å². The van der Waals surface area contributed by atoms with Crippen molar-refractivity contribution in [3.63, 3.8) is 0 Å². The van der Waals surface area contributed by atoms with Crippen molar-refractivity contribution < 1.29 is 39.5 Å². The fourth-order valence-corrected chi connectivity index (χ4v) is 6.90. The molecule has 1 aromatic rings. The average Bonchev–Trinajstić information content (AvgIpc) is 3.43. The number of carboxylic acid groups (broad SMARTS) is 1. The zero-order chi connectivity index (χ0) is 26.4. The van der Waals surface area contributed by atoms with Gasteiger partial charge in [0.15, 0.2) is 6.10 Å². The number of hydrogen-bond acceptors (Lipinski definition) is 7. The third-order valence-electron chi connectivity index (χ3n) is 8.73. The van der Waals surface area contributed by atoms with Crippen molar-refractivity contribution in [2.45, 2.75) is 51.1 Å². The van der Waals surface area contributed by atoms with Crippen LogP contribution in [0.3, 0.4) is 0 Å². The van der Waals surface area contributed by atoms with E-state index in [1.807, 2.05) is 32.1 Å².